The number of thiophene rings is 1. The third-order valence-electron chi connectivity index (χ3n) is 4.74. The van der Waals surface area contributed by atoms with Crippen LogP contribution in [0.5, 0.6) is 0 Å². The number of halogens is 1. The Morgan fingerprint density at radius 3 is 2.73 bits per heavy atom. The lowest BCUT2D eigenvalue weighted by atomic mass is 10.1. The molecule has 0 saturated carbocycles. The van der Waals surface area contributed by atoms with Gasteiger partial charge in [0.15, 0.2) is 5.82 Å². The van der Waals surface area contributed by atoms with E-state index in [1.54, 1.807) is 11.3 Å². The quantitative estimate of drug-likeness (QED) is 0.672. The van der Waals surface area contributed by atoms with Crippen molar-refractivity contribution < 1.29 is 0 Å². The lowest BCUT2D eigenvalue weighted by molar-refractivity contribution is 0.240. The van der Waals surface area contributed by atoms with Crippen LogP contribution >= 0.6 is 22.9 Å². The van der Waals surface area contributed by atoms with Crippen molar-refractivity contribution >= 4 is 28.6 Å². The molecule has 0 atom stereocenters. The molecule has 0 unspecified atom stereocenters. The summed E-state index contributed by atoms with van der Waals surface area (Å²) in [5.41, 5.74) is 2.50. The third kappa shape index (κ3) is 3.90. The predicted octanol–water partition coefficient (Wildman–Crippen LogP) is 3.07. The lowest BCUT2D eigenvalue weighted by Crippen LogP contribution is -2.46. The topological polar surface area (TPSA) is 50.1 Å². The van der Waals surface area contributed by atoms with Crippen molar-refractivity contribution in [3.63, 3.8) is 0 Å². The zero-order valence-electron chi connectivity index (χ0n) is 14.7. The SMILES string of the molecule is Cc1ccc(Cl)cc1N1CCN(Cc2nnnn2Cc2cccs2)CC1. The highest BCUT2D eigenvalue weighted by atomic mass is 35.5. The maximum Gasteiger partial charge on any atom is 0.165 e. The second kappa shape index (κ2) is 7.73. The first-order valence-electron chi connectivity index (χ1n) is 8.70. The highest BCUT2D eigenvalue weighted by Crippen LogP contribution is 2.25. The van der Waals surface area contributed by atoms with E-state index in [1.807, 2.05) is 10.7 Å². The van der Waals surface area contributed by atoms with Crippen molar-refractivity contribution in [1.29, 1.82) is 0 Å². The van der Waals surface area contributed by atoms with Crippen LogP contribution in [-0.2, 0) is 13.1 Å². The van der Waals surface area contributed by atoms with Crippen LogP contribution in [0.4, 0.5) is 5.69 Å². The molecule has 0 bridgehead atoms. The third-order valence-corrected chi connectivity index (χ3v) is 5.84. The van der Waals surface area contributed by atoms with E-state index in [4.69, 9.17) is 11.6 Å². The van der Waals surface area contributed by atoms with Crippen LogP contribution in [-0.4, -0.2) is 51.3 Å². The second-order valence-corrected chi connectivity index (χ2v) is 7.99. The Labute approximate surface area is 162 Å². The van der Waals surface area contributed by atoms with Gasteiger partial charge in [-0.25, -0.2) is 4.68 Å². The molecule has 0 radical (unpaired) electrons. The molecule has 6 nitrogen and oxygen atoms in total. The van der Waals surface area contributed by atoms with Crippen LogP contribution in [0.25, 0.3) is 0 Å². The summed E-state index contributed by atoms with van der Waals surface area (Å²) in [5.74, 6) is 0.922. The molecule has 26 heavy (non-hydrogen) atoms. The van der Waals surface area contributed by atoms with E-state index < -0.39 is 0 Å². The van der Waals surface area contributed by atoms with Gasteiger partial charge in [0.2, 0.25) is 0 Å². The monoisotopic (exact) mass is 388 g/mol. The number of benzene rings is 1. The van der Waals surface area contributed by atoms with Gasteiger partial charge in [-0.05, 0) is 46.5 Å². The number of aryl methyl sites for hydroxylation is 1. The Kier molecular flexibility index (Phi) is 5.19. The van der Waals surface area contributed by atoms with Gasteiger partial charge in [0, 0.05) is 41.8 Å². The summed E-state index contributed by atoms with van der Waals surface area (Å²) in [6.45, 7) is 7.58. The highest BCUT2D eigenvalue weighted by molar-refractivity contribution is 7.09. The molecule has 8 heteroatoms. The molecular formula is C18H21ClN6S. The van der Waals surface area contributed by atoms with Crippen molar-refractivity contribution in [2.24, 2.45) is 0 Å². The number of anilines is 1. The summed E-state index contributed by atoms with van der Waals surface area (Å²) >= 11 is 7.90. The van der Waals surface area contributed by atoms with E-state index >= 15 is 0 Å². The van der Waals surface area contributed by atoms with Crippen LogP contribution in [0.1, 0.15) is 16.3 Å². The number of piperazine rings is 1. The lowest BCUT2D eigenvalue weighted by Gasteiger charge is -2.36. The minimum absolute atomic E-state index is 0.738. The summed E-state index contributed by atoms with van der Waals surface area (Å²) < 4.78 is 1.90. The first-order valence-corrected chi connectivity index (χ1v) is 9.96. The van der Waals surface area contributed by atoms with E-state index in [9.17, 15) is 0 Å². The minimum Gasteiger partial charge on any atom is -0.369 e. The van der Waals surface area contributed by atoms with E-state index in [-0.39, 0.29) is 0 Å². The van der Waals surface area contributed by atoms with Crippen molar-refractivity contribution in [3.8, 4) is 0 Å². The number of hydrogen-bond acceptors (Lipinski definition) is 6. The molecule has 1 aliphatic heterocycles. The van der Waals surface area contributed by atoms with Crippen LogP contribution in [0, 0.1) is 6.92 Å². The number of aromatic nitrogens is 4. The predicted molar refractivity (Wildman–Crippen MR) is 105 cm³/mol. The summed E-state index contributed by atoms with van der Waals surface area (Å²) in [5, 5.41) is 15.1. The van der Waals surface area contributed by atoms with Gasteiger partial charge >= 0.3 is 0 Å². The molecule has 136 valence electrons. The van der Waals surface area contributed by atoms with Crippen molar-refractivity contribution in [1.82, 2.24) is 25.1 Å². The van der Waals surface area contributed by atoms with E-state index in [1.165, 1.54) is 16.1 Å². The van der Waals surface area contributed by atoms with Gasteiger partial charge in [-0.1, -0.05) is 23.7 Å². The number of hydrogen-bond donors (Lipinski definition) is 0. The fourth-order valence-corrected chi connectivity index (χ4v) is 4.13. The molecule has 1 aromatic carbocycles. The fourth-order valence-electron chi connectivity index (χ4n) is 3.28. The van der Waals surface area contributed by atoms with Gasteiger partial charge < -0.3 is 4.90 Å². The Morgan fingerprint density at radius 1 is 1.12 bits per heavy atom. The Morgan fingerprint density at radius 2 is 1.96 bits per heavy atom. The van der Waals surface area contributed by atoms with E-state index in [2.05, 4.69) is 61.9 Å². The molecule has 0 spiro atoms. The van der Waals surface area contributed by atoms with Gasteiger partial charge in [-0.3, -0.25) is 4.90 Å². The Bertz CT molecular complexity index is 854. The van der Waals surface area contributed by atoms with Crippen LogP contribution < -0.4 is 4.90 Å². The van der Waals surface area contributed by atoms with Gasteiger partial charge in [-0.2, -0.15) is 0 Å². The molecular weight excluding hydrogens is 368 g/mol. The maximum atomic E-state index is 6.17. The number of rotatable bonds is 5. The summed E-state index contributed by atoms with van der Waals surface area (Å²) in [7, 11) is 0. The summed E-state index contributed by atoms with van der Waals surface area (Å²) in [4.78, 5) is 6.08. The van der Waals surface area contributed by atoms with Crippen LogP contribution in [0.15, 0.2) is 35.7 Å². The van der Waals surface area contributed by atoms with Crippen LogP contribution in [0.2, 0.25) is 5.02 Å². The van der Waals surface area contributed by atoms with Crippen molar-refractivity contribution in [2.75, 3.05) is 31.1 Å². The molecule has 1 saturated heterocycles. The second-order valence-electron chi connectivity index (χ2n) is 6.53. The molecule has 4 rings (SSSR count). The molecule has 1 fully saturated rings. The zero-order valence-corrected chi connectivity index (χ0v) is 16.2. The van der Waals surface area contributed by atoms with Crippen LogP contribution in [0.3, 0.4) is 0 Å². The summed E-state index contributed by atoms with van der Waals surface area (Å²) in [6, 6.07) is 10.3. The maximum absolute atomic E-state index is 6.17. The van der Waals surface area contributed by atoms with Gasteiger partial charge in [0.1, 0.15) is 0 Å². The highest BCUT2D eigenvalue weighted by Gasteiger charge is 2.20. The number of nitrogens with zero attached hydrogens (tertiary/aromatic N) is 6. The Balaban J connectivity index is 1.37. The standard InChI is InChI=1S/C18H21ClN6S/c1-14-4-5-15(19)11-17(14)24-8-6-23(7-9-24)13-18-20-21-22-25(18)12-16-3-2-10-26-16/h2-5,10-11H,6-9,12-13H2,1H3. The first kappa shape index (κ1) is 17.5. The van der Waals surface area contributed by atoms with Gasteiger partial charge in [0.05, 0.1) is 13.1 Å². The average molecular weight is 389 g/mol. The fraction of sp³-hybridized carbons (Fsp3) is 0.389. The molecule has 0 amide bonds. The Hall–Kier alpha value is -1.96. The van der Waals surface area contributed by atoms with Gasteiger partial charge in [-0.15, -0.1) is 16.4 Å². The summed E-state index contributed by atoms with van der Waals surface area (Å²) in [6.07, 6.45) is 0. The van der Waals surface area contributed by atoms with Crippen molar-refractivity contribution in [3.05, 3.63) is 57.0 Å². The molecule has 3 aromatic rings. The largest absolute Gasteiger partial charge is 0.369 e. The average Bonchev–Trinajstić information content (AvgIpc) is 3.31. The molecule has 2 aromatic heterocycles. The normalized spacial score (nSPS) is 15.5. The minimum atomic E-state index is 0.738. The number of tetrazole rings is 1. The van der Waals surface area contributed by atoms with Gasteiger partial charge in [0.25, 0.3) is 0 Å². The van der Waals surface area contributed by atoms with Crippen molar-refractivity contribution in [2.45, 2.75) is 20.0 Å². The molecule has 0 aliphatic carbocycles. The molecule has 0 N–H and O–H groups in total. The van der Waals surface area contributed by atoms with E-state index in [0.29, 0.717) is 0 Å². The molecule has 3 heterocycles. The zero-order chi connectivity index (χ0) is 17.9. The smallest absolute Gasteiger partial charge is 0.165 e. The molecule has 1 aliphatic rings. The van der Waals surface area contributed by atoms with E-state index in [0.717, 1.165) is 50.1 Å². The first-order chi connectivity index (χ1) is 12.7.